The number of hydrogen-bond donors (Lipinski definition) is 1. The third kappa shape index (κ3) is 4.26. The lowest BCUT2D eigenvalue weighted by molar-refractivity contribution is -0.139. The van der Waals surface area contributed by atoms with Gasteiger partial charge in [-0.1, -0.05) is 0 Å². The molecule has 0 radical (unpaired) electrons. The van der Waals surface area contributed by atoms with Crippen LogP contribution in [0.2, 0.25) is 0 Å². The fraction of sp³-hybridized carbons (Fsp3) is 0.632. The van der Waals surface area contributed by atoms with Crippen LogP contribution in [0.4, 0.5) is 0 Å². The van der Waals surface area contributed by atoms with E-state index in [1.807, 2.05) is 24.8 Å². The minimum absolute atomic E-state index is 0.00838. The summed E-state index contributed by atoms with van der Waals surface area (Å²) in [5, 5.41) is 2.94. The lowest BCUT2D eigenvalue weighted by Crippen LogP contribution is -2.46. The Morgan fingerprint density at radius 1 is 1.27 bits per heavy atom. The van der Waals surface area contributed by atoms with E-state index in [2.05, 4.69) is 5.32 Å². The van der Waals surface area contributed by atoms with E-state index in [4.69, 9.17) is 4.42 Å². The molecule has 7 nitrogen and oxygen atoms in total. The first-order valence-electron chi connectivity index (χ1n) is 9.33. The molecule has 3 heterocycles. The zero-order valence-electron chi connectivity index (χ0n) is 15.4. The van der Waals surface area contributed by atoms with Gasteiger partial charge >= 0.3 is 0 Å². The van der Waals surface area contributed by atoms with Crippen molar-refractivity contribution in [2.75, 3.05) is 19.6 Å². The van der Waals surface area contributed by atoms with E-state index in [1.165, 1.54) is 0 Å². The molecule has 2 aliphatic heterocycles. The van der Waals surface area contributed by atoms with Gasteiger partial charge in [-0.3, -0.25) is 14.4 Å². The van der Waals surface area contributed by atoms with E-state index < -0.39 is 0 Å². The predicted molar refractivity (Wildman–Crippen MR) is 94.8 cm³/mol. The van der Waals surface area contributed by atoms with Gasteiger partial charge in [-0.25, -0.2) is 0 Å². The van der Waals surface area contributed by atoms with Crippen molar-refractivity contribution in [3.05, 3.63) is 24.2 Å². The van der Waals surface area contributed by atoms with Gasteiger partial charge < -0.3 is 19.5 Å². The highest BCUT2D eigenvalue weighted by molar-refractivity contribution is 5.89. The van der Waals surface area contributed by atoms with Crippen LogP contribution in [0.3, 0.4) is 0 Å². The predicted octanol–water partition coefficient (Wildman–Crippen LogP) is 1.39. The Morgan fingerprint density at radius 3 is 2.62 bits per heavy atom. The quantitative estimate of drug-likeness (QED) is 0.859. The van der Waals surface area contributed by atoms with Gasteiger partial charge in [0.1, 0.15) is 5.76 Å². The average Bonchev–Trinajstić information content (AvgIpc) is 3.24. The maximum Gasteiger partial charge on any atom is 0.227 e. The molecule has 1 aromatic rings. The molecule has 142 valence electrons. The summed E-state index contributed by atoms with van der Waals surface area (Å²) in [6.45, 7) is 5.90. The van der Waals surface area contributed by atoms with Crippen LogP contribution in [-0.4, -0.2) is 53.2 Å². The van der Waals surface area contributed by atoms with Gasteiger partial charge in [-0.05, 0) is 38.8 Å². The third-order valence-corrected chi connectivity index (χ3v) is 5.10. The standard InChI is InChI=1S/C19H27N3O4/c1-13(2)20-18(24)14-5-7-21(8-6-14)19(25)15-10-17(23)22(11-15)12-16-4-3-9-26-16/h3-4,9,13-15H,5-8,10-12H2,1-2H3,(H,20,24)/t15-/m1/s1. The van der Waals surface area contributed by atoms with Gasteiger partial charge in [0.25, 0.3) is 0 Å². The minimum atomic E-state index is -0.293. The lowest BCUT2D eigenvalue weighted by atomic mass is 9.94. The summed E-state index contributed by atoms with van der Waals surface area (Å²) in [7, 11) is 0. The number of furan rings is 1. The van der Waals surface area contributed by atoms with Gasteiger partial charge in [0.2, 0.25) is 17.7 Å². The van der Waals surface area contributed by atoms with E-state index in [0.29, 0.717) is 39.0 Å². The van der Waals surface area contributed by atoms with Crippen molar-refractivity contribution in [2.45, 2.75) is 45.7 Å². The fourth-order valence-corrected chi connectivity index (χ4v) is 3.70. The number of carbonyl (C=O) groups is 3. The second-order valence-corrected chi connectivity index (χ2v) is 7.52. The number of nitrogens with one attached hydrogen (secondary N) is 1. The van der Waals surface area contributed by atoms with Crippen molar-refractivity contribution in [3.8, 4) is 0 Å². The Bertz CT molecular complexity index is 648. The minimum Gasteiger partial charge on any atom is -0.467 e. The molecule has 0 saturated carbocycles. The summed E-state index contributed by atoms with van der Waals surface area (Å²) >= 11 is 0. The molecule has 1 N–H and O–H groups in total. The average molecular weight is 361 g/mol. The summed E-state index contributed by atoms with van der Waals surface area (Å²) in [4.78, 5) is 40.6. The largest absolute Gasteiger partial charge is 0.467 e. The van der Waals surface area contributed by atoms with E-state index in [9.17, 15) is 14.4 Å². The maximum atomic E-state index is 12.8. The summed E-state index contributed by atoms with van der Waals surface area (Å²) in [5.74, 6) is 0.505. The number of piperidine rings is 1. The lowest BCUT2D eigenvalue weighted by Gasteiger charge is -2.33. The molecule has 0 aromatic carbocycles. The van der Waals surface area contributed by atoms with Gasteiger partial charge in [-0.2, -0.15) is 0 Å². The molecule has 0 unspecified atom stereocenters. The summed E-state index contributed by atoms with van der Waals surface area (Å²) < 4.78 is 5.29. The SMILES string of the molecule is CC(C)NC(=O)C1CCN(C(=O)[C@@H]2CC(=O)N(Cc3ccco3)C2)CC1. The van der Waals surface area contributed by atoms with Crippen LogP contribution in [0.1, 0.15) is 38.9 Å². The monoisotopic (exact) mass is 361 g/mol. The molecule has 2 fully saturated rings. The Hall–Kier alpha value is -2.31. The summed E-state index contributed by atoms with van der Waals surface area (Å²) in [6.07, 6.45) is 3.20. The first kappa shape index (κ1) is 18.5. The zero-order chi connectivity index (χ0) is 18.7. The molecule has 2 saturated heterocycles. The van der Waals surface area contributed by atoms with Crippen LogP contribution in [0.5, 0.6) is 0 Å². The molecule has 26 heavy (non-hydrogen) atoms. The van der Waals surface area contributed by atoms with Gasteiger partial charge in [-0.15, -0.1) is 0 Å². The third-order valence-electron chi connectivity index (χ3n) is 5.10. The van der Waals surface area contributed by atoms with Crippen LogP contribution in [0.25, 0.3) is 0 Å². The van der Waals surface area contributed by atoms with Crippen molar-refractivity contribution in [2.24, 2.45) is 11.8 Å². The van der Waals surface area contributed by atoms with Crippen molar-refractivity contribution in [1.29, 1.82) is 0 Å². The van der Waals surface area contributed by atoms with Crippen LogP contribution >= 0.6 is 0 Å². The smallest absolute Gasteiger partial charge is 0.227 e. The topological polar surface area (TPSA) is 82.9 Å². The molecule has 3 amide bonds. The zero-order valence-corrected chi connectivity index (χ0v) is 15.4. The normalized spacial score (nSPS) is 21.5. The molecule has 2 aliphatic rings. The van der Waals surface area contributed by atoms with Crippen molar-refractivity contribution in [1.82, 2.24) is 15.1 Å². The van der Waals surface area contributed by atoms with E-state index in [1.54, 1.807) is 17.2 Å². The number of likely N-dealkylation sites (tertiary alicyclic amines) is 2. The highest BCUT2D eigenvalue weighted by Crippen LogP contribution is 2.25. The molecular formula is C19H27N3O4. The molecule has 0 bridgehead atoms. The van der Waals surface area contributed by atoms with Crippen LogP contribution in [-0.2, 0) is 20.9 Å². The summed E-state index contributed by atoms with van der Waals surface area (Å²) in [6, 6.07) is 3.75. The highest BCUT2D eigenvalue weighted by atomic mass is 16.3. The Labute approximate surface area is 153 Å². The van der Waals surface area contributed by atoms with E-state index in [0.717, 1.165) is 5.76 Å². The second kappa shape index (κ2) is 7.93. The van der Waals surface area contributed by atoms with E-state index in [-0.39, 0.29) is 42.0 Å². The van der Waals surface area contributed by atoms with Gasteiger partial charge in [0, 0.05) is 38.0 Å². The van der Waals surface area contributed by atoms with Gasteiger partial charge in [0.05, 0.1) is 18.7 Å². The van der Waals surface area contributed by atoms with Crippen LogP contribution in [0, 0.1) is 11.8 Å². The summed E-state index contributed by atoms with van der Waals surface area (Å²) in [5.41, 5.74) is 0. The number of rotatable bonds is 5. The molecular weight excluding hydrogens is 334 g/mol. The molecule has 0 aliphatic carbocycles. The maximum absolute atomic E-state index is 12.8. The number of amides is 3. The van der Waals surface area contributed by atoms with Gasteiger partial charge in [0.15, 0.2) is 0 Å². The van der Waals surface area contributed by atoms with Crippen LogP contribution in [0.15, 0.2) is 22.8 Å². The van der Waals surface area contributed by atoms with Crippen molar-refractivity contribution < 1.29 is 18.8 Å². The van der Waals surface area contributed by atoms with Crippen molar-refractivity contribution >= 4 is 17.7 Å². The molecule has 0 spiro atoms. The Balaban J connectivity index is 1.49. The Morgan fingerprint density at radius 2 is 2.00 bits per heavy atom. The molecule has 3 rings (SSSR count). The highest BCUT2D eigenvalue weighted by Gasteiger charge is 2.38. The first-order valence-corrected chi connectivity index (χ1v) is 9.33. The van der Waals surface area contributed by atoms with E-state index >= 15 is 0 Å². The fourth-order valence-electron chi connectivity index (χ4n) is 3.70. The second-order valence-electron chi connectivity index (χ2n) is 7.52. The Kier molecular flexibility index (Phi) is 5.64. The number of nitrogens with zero attached hydrogens (tertiary/aromatic N) is 2. The molecule has 1 aromatic heterocycles. The molecule has 7 heteroatoms. The molecule has 1 atom stereocenters. The number of hydrogen-bond acceptors (Lipinski definition) is 4. The van der Waals surface area contributed by atoms with Crippen molar-refractivity contribution in [3.63, 3.8) is 0 Å². The first-order chi connectivity index (χ1) is 12.4. The number of carbonyl (C=O) groups excluding carboxylic acids is 3. The van der Waals surface area contributed by atoms with Crippen LogP contribution < -0.4 is 5.32 Å².